The van der Waals surface area contributed by atoms with Gasteiger partial charge in [-0.3, -0.25) is 14.5 Å². The maximum Gasteiger partial charge on any atom is 0.273 e. The average Bonchev–Trinajstić information content (AvgIpc) is 2.96. The number of anilines is 1. The second kappa shape index (κ2) is 16.8. The highest BCUT2D eigenvalue weighted by molar-refractivity contribution is 9.10. The van der Waals surface area contributed by atoms with Crippen molar-refractivity contribution in [3.63, 3.8) is 0 Å². The first-order valence-corrected chi connectivity index (χ1v) is 14.6. The Bertz CT molecular complexity index is 1320. The van der Waals surface area contributed by atoms with Crippen molar-refractivity contribution >= 4 is 39.6 Å². The van der Waals surface area contributed by atoms with E-state index in [-0.39, 0.29) is 5.91 Å². The van der Waals surface area contributed by atoms with Crippen LogP contribution < -0.4 is 10.7 Å². The summed E-state index contributed by atoms with van der Waals surface area (Å²) in [5.41, 5.74) is 8.03. The van der Waals surface area contributed by atoms with Gasteiger partial charge in [-0.2, -0.15) is 5.10 Å². The van der Waals surface area contributed by atoms with Crippen molar-refractivity contribution in [3.8, 4) is 0 Å². The van der Waals surface area contributed by atoms with Crippen LogP contribution in [0.5, 0.6) is 0 Å². The average molecular weight is 624 g/mol. The molecule has 0 unspecified atom stereocenters. The fourth-order valence-electron chi connectivity index (χ4n) is 4.04. The first-order chi connectivity index (χ1) is 19.8. The van der Waals surface area contributed by atoms with E-state index in [0.29, 0.717) is 47.7 Å². The summed E-state index contributed by atoms with van der Waals surface area (Å²) in [5.74, 6) is -0.743. The lowest BCUT2D eigenvalue weighted by atomic mass is 10.1. The van der Waals surface area contributed by atoms with E-state index in [4.69, 9.17) is 9.47 Å². The molecular formula is C32H39BrN4O4. The van der Waals surface area contributed by atoms with E-state index in [1.165, 1.54) is 5.56 Å². The van der Waals surface area contributed by atoms with Gasteiger partial charge in [0.25, 0.3) is 11.8 Å². The van der Waals surface area contributed by atoms with Gasteiger partial charge in [0.1, 0.15) is 0 Å². The number of carbonyl (C=O) groups excluding carboxylic acids is 2. The van der Waals surface area contributed by atoms with E-state index in [2.05, 4.69) is 36.7 Å². The summed E-state index contributed by atoms with van der Waals surface area (Å²) in [7, 11) is 0. The maximum atomic E-state index is 13.1. The lowest BCUT2D eigenvalue weighted by Crippen LogP contribution is -2.30. The Labute approximate surface area is 251 Å². The predicted octanol–water partition coefficient (Wildman–Crippen LogP) is 5.96. The van der Waals surface area contributed by atoms with Crippen LogP contribution in [0.15, 0.2) is 70.2 Å². The molecule has 8 nitrogen and oxygen atoms in total. The number of hydrogen-bond acceptors (Lipinski definition) is 6. The molecule has 0 atom stereocenters. The van der Waals surface area contributed by atoms with Crippen LogP contribution in [-0.4, -0.2) is 62.4 Å². The molecule has 3 aromatic rings. The Hall–Kier alpha value is -3.37. The fraction of sp³-hybridized carbons (Fsp3) is 0.344. The summed E-state index contributed by atoms with van der Waals surface area (Å²) in [6, 6.07) is 18.5. The Morgan fingerprint density at radius 3 is 2.20 bits per heavy atom. The fourth-order valence-corrected chi connectivity index (χ4v) is 4.41. The molecule has 0 saturated carbocycles. The molecule has 2 amide bonds. The molecule has 41 heavy (non-hydrogen) atoms. The van der Waals surface area contributed by atoms with Gasteiger partial charge in [-0.1, -0.05) is 46.3 Å². The molecular weight excluding hydrogens is 584 g/mol. The number of hydrogen-bond donors (Lipinski definition) is 2. The van der Waals surface area contributed by atoms with Gasteiger partial charge >= 0.3 is 0 Å². The van der Waals surface area contributed by atoms with Crippen LogP contribution >= 0.6 is 15.9 Å². The molecule has 0 saturated heterocycles. The summed E-state index contributed by atoms with van der Waals surface area (Å²) >= 11 is 3.41. The molecule has 0 aliphatic carbocycles. The SMILES string of the molecule is CCOCCN(CCOCC)Cc1ccc(C(=O)Nc2ccc(Br)cc2C(=O)N/N=C/c2ccc(C)c(C)c2)cc1. The lowest BCUT2D eigenvalue weighted by molar-refractivity contribution is 0.0798. The Balaban J connectivity index is 1.65. The maximum absolute atomic E-state index is 13.1. The van der Waals surface area contributed by atoms with Crippen molar-refractivity contribution in [3.05, 3.63) is 98.5 Å². The highest BCUT2D eigenvalue weighted by Gasteiger charge is 2.15. The van der Waals surface area contributed by atoms with E-state index in [1.54, 1.807) is 36.5 Å². The van der Waals surface area contributed by atoms with E-state index in [0.717, 1.165) is 36.3 Å². The molecule has 0 bridgehead atoms. The van der Waals surface area contributed by atoms with E-state index in [9.17, 15) is 9.59 Å². The van der Waals surface area contributed by atoms with E-state index in [1.807, 2.05) is 58.0 Å². The third-order valence-electron chi connectivity index (χ3n) is 6.52. The first kappa shape index (κ1) is 32.1. The number of ether oxygens (including phenoxy) is 2. The van der Waals surface area contributed by atoms with Crippen molar-refractivity contribution < 1.29 is 19.1 Å². The molecule has 0 heterocycles. The summed E-state index contributed by atoms with van der Waals surface area (Å²) in [4.78, 5) is 28.3. The molecule has 9 heteroatoms. The minimum absolute atomic E-state index is 0.292. The normalized spacial score (nSPS) is 11.3. The van der Waals surface area contributed by atoms with Gasteiger partial charge < -0.3 is 14.8 Å². The van der Waals surface area contributed by atoms with E-state index < -0.39 is 5.91 Å². The van der Waals surface area contributed by atoms with Gasteiger partial charge in [0.05, 0.1) is 30.7 Å². The summed E-state index contributed by atoms with van der Waals surface area (Å²) in [6.07, 6.45) is 1.59. The molecule has 0 aromatic heterocycles. The quantitative estimate of drug-likeness (QED) is 0.124. The van der Waals surface area contributed by atoms with Gasteiger partial charge in [0.2, 0.25) is 0 Å². The van der Waals surface area contributed by atoms with Crippen molar-refractivity contribution in [1.29, 1.82) is 0 Å². The zero-order valence-electron chi connectivity index (χ0n) is 24.2. The standard InChI is InChI=1S/C32H39BrN4O4/c1-5-40-17-15-37(16-18-41-6-2)22-25-9-11-27(12-10-25)31(38)35-30-14-13-28(33)20-29(30)32(39)36-34-21-26-8-7-23(3)24(4)19-26/h7-14,19-21H,5-6,15-18,22H2,1-4H3,(H,35,38)(H,36,39)/b34-21+. The predicted molar refractivity (Wildman–Crippen MR) is 168 cm³/mol. The minimum Gasteiger partial charge on any atom is -0.380 e. The highest BCUT2D eigenvalue weighted by atomic mass is 79.9. The van der Waals surface area contributed by atoms with Gasteiger partial charge in [-0.05, 0) is 80.3 Å². The third-order valence-corrected chi connectivity index (χ3v) is 7.01. The van der Waals surface area contributed by atoms with Crippen molar-refractivity contribution in [1.82, 2.24) is 10.3 Å². The summed E-state index contributed by atoms with van der Waals surface area (Å²) in [6.45, 7) is 13.0. The smallest absolute Gasteiger partial charge is 0.273 e. The Kier molecular flexibility index (Phi) is 13.2. The molecule has 2 N–H and O–H groups in total. The van der Waals surface area contributed by atoms with Crippen LogP contribution in [0.1, 0.15) is 56.8 Å². The number of nitrogens with one attached hydrogen (secondary N) is 2. The monoisotopic (exact) mass is 622 g/mol. The van der Waals surface area contributed by atoms with E-state index >= 15 is 0 Å². The minimum atomic E-state index is -0.434. The number of rotatable bonds is 15. The highest BCUT2D eigenvalue weighted by Crippen LogP contribution is 2.22. The molecule has 3 aromatic carbocycles. The van der Waals surface area contributed by atoms with Crippen LogP contribution in [0, 0.1) is 13.8 Å². The summed E-state index contributed by atoms with van der Waals surface area (Å²) < 4.78 is 11.8. The molecule has 218 valence electrons. The first-order valence-electron chi connectivity index (χ1n) is 13.8. The number of hydrazone groups is 1. The Morgan fingerprint density at radius 1 is 0.878 bits per heavy atom. The molecule has 0 aliphatic rings. The van der Waals surface area contributed by atoms with Crippen LogP contribution in [0.2, 0.25) is 0 Å². The van der Waals surface area contributed by atoms with Crippen LogP contribution in [0.25, 0.3) is 0 Å². The van der Waals surface area contributed by atoms with Crippen LogP contribution in [0.4, 0.5) is 5.69 Å². The zero-order valence-corrected chi connectivity index (χ0v) is 25.8. The zero-order chi connectivity index (χ0) is 29.6. The van der Waals surface area contributed by atoms with Crippen molar-refractivity contribution in [2.45, 2.75) is 34.2 Å². The number of aryl methyl sites for hydroxylation is 2. The largest absolute Gasteiger partial charge is 0.380 e. The van der Waals surface area contributed by atoms with Crippen molar-refractivity contribution in [2.24, 2.45) is 5.10 Å². The van der Waals surface area contributed by atoms with Gasteiger partial charge in [-0.15, -0.1) is 0 Å². The second-order valence-electron chi connectivity index (χ2n) is 9.55. The van der Waals surface area contributed by atoms with Crippen molar-refractivity contribution in [2.75, 3.05) is 44.8 Å². The molecule has 0 radical (unpaired) electrons. The molecule has 0 spiro atoms. The second-order valence-corrected chi connectivity index (χ2v) is 10.5. The van der Waals surface area contributed by atoms with Gasteiger partial charge in [-0.25, -0.2) is 5.43 Å². The third kappa shape index (κ3) is 10.5. The summed E-state index contributed by atoms with van der Waals surface area (Å²) in [5, 5.41) is 6.97. The molecule has 0 aliphatic heterocycles. The van der Waals surface area contributed by atoms with Crippen LogP contribution in [0.3, 0.4) is 0 Å². The number of carbonyl (C=O) groups is 2. The topological polar surface area (TPSA) is 92.3 Å². The molecule has 3 rings (SSSR count). The number of benzene rings is 3. The number of nitrogens with zero attached hydrogens (tertiary/aromatic N) is 2. The molecule has 0 fully saturated rings. The number of halogens is 1. The van der Waals surface area contributed by atoms with Gasteiger partial charge in [0.15, 0.2) is 0 Å². The van der Waals surface area contributed by atoms with Crippen LogP contribution in [-0.2, 0) is 16.0 Å². The lowest BCUT2D eigenvalue weighted by Gasteiger charge is -2.22. The number of amides is 2. The van der Waals surface area contributed by atoms with Gasteiger partial charge in [0, 0.05) is 42.9 Å². The Morgan fingerprint density at radius 2 is 1.56 bits per heavy atom.